The van der Waals surface area contributed by atoms with Crippen molar-refractivity contribution in [3.63, 3.8) is 0 Å². The Hall–Kier alpha value is -1.34. The van der Waals surface area contributed by atoms with Crippen molar-refractivity contribution in [1.82, 2.24) is 0 Å². The molecule has 3 rings (SSSR count). The molecule has 1 aromatic heterocycles. The van der Waals surface area contributed by atoms with Crippen LogP contribution in [0.3, 0.4) is 0 Å². The third-order valence-electron chi connectivity index (χ3n) is 3.10. The van der Waals surface area contributed by atoms with E-state index in [0.29, 0.717) is 5.92 Å². The van der Waals surface area contributed by atoms with Crippen LogP contribution in [0.2, 0.25) is 0 Å². The maximum Gasteiger partial charge on any atom is 0.0345 e. The lowest BCUT2D eigenvalue weighted by molar-refractivity contribution is 0.864. The van der Waals surface area contributed by atoms with Crippen molar-refractivity contribution < 1.29 is 0 Å². The SMILES string of the molecule is CC1=CCC(c2cc3ccccc3s2)C=C1. The summed E-state index contributed by atoms with van der Waals surface area (Å²) in [6, 6.07) is 11.0. The minimum absolute atomic E-state index is 0.584. The van der Waals surface area contributed by atoms with Crippen LogP contribution in [-0.4, -0.2) is 0 Å². The number of fused-ring (bicyclic) bond motifs is 1. The molecule has 1 aromatic carbocycles. The van der Waals surface area contributed by atoms with E-state index in [1.165, 1.54) is 20.5 Å². The Balaban J connectivity index is 1.98. The fourth-order valence-electron chi connectivity index (χ4n) is 2.12. The fraction of sp³-hybridized carbons (Fsp3) is 0.200. The van der Waals surface area contributed by atoms with Gasteiger partial charge in [0.2, 0.25) is 0 Å². The first-order valence-electron chi connectivity index (χ1n) is 5.66. The van der Waals surface area contributed by atoms with Crippen LogP contribution in [0.1, 0.15) is 24.1 Å². The fourth-order valence-corrected chi connectivity index (χ4v) is 3.28. The van der Waals surface area contributed by atoms with Gasteiger partial charge in [-0.1, -0.05) is 42.0 Å². The number of rotatable bonds is 1. The lowest BCUT2D eigenvalue weighted by Gasteiger charge is -2.12. The molecule has 0 fully saturated rings. The number of hydrogen-bond donors (Lipinski definition) is 0. The van der Waals surface area contributed by atoms with E-state index >= 15 is 0 Å². The van der Waals surface area contributed by atoms with Gasteiger partial charge in [-0.15, -0.1) is 11.3 Å². The second kappa shape index (κ2) is 3.91. The highest BCUT2D eigenvalue weighted by Gasteiger charge is 2.12. The van der Waals surface area contributed by atoms with Crippen LogP contribution in [-0.2, 0) is 0 Å². The second-order valence-electron chi connectivity index (χ2n) is 4.34. The highest BCUT2D eigenvalue weighted by atomic mass is 32.1. The van der Waals surface area contributed by atoms with Crippen LogP contribution in [0.15, 0.2) is 54.1 Å². The molecule has 0 amide bonds. The minimum atomic E-state index is 0.584. The van der Waals surface area contributed by atoms with Crippen LogP contribution in [0.25, 0.3) is 10.1 Å². The summed E-state index contributed by atoms with van der Waals surface area (Å²) in [5.41, 5.74) is 1.39. The number of hydrogen-bond acceptors (Lipinski definition) is 1. The van der Waals surface area contributed by atoms with Crippen molar-refractivity contribution >= 4 is 21.4 Å². The number of benzene rings is 1. The van der Waals surface area contributed by atoms with Gasteiger partial charge in [-0.2, -0.15) is 0 Å². The zero-order valence-corrected chi connectivity index (χ0v) is 10.1. The van der Waals surface area contributed by atoms with E-state index in [1.54, 1.807) is 0 Å². The standard InChI is InChI=1S/C15H14S/c1-11-6-8-12(9-7-11)15-10-13-4-2-3-5-14(13)16-15/h2-8,10,12H,9H2,1H3. The van der Waals surface area contributed by atoms with Gasteiger partial charge in [0, 0.05) is 15.5 Å². The summed E-state index contributed by atoms with van der Waals surface area (Å²) in [5, 5.41) is 1.38. The van der Waals surface area contributed by atoms with Crippen molar-refractivity contribution in [3.8, 4) is 0 Å². The van der Waals surface area contributed by atoms with Gasteiger partial charge in [-0.3, -0.25) is 0 Å². The first-order valence-corrected chi connectivity index (χ1v) is 6.48. The van der Waals surface area contributed by atoms with E-state index in [2.05, 4.69) is 55.5 Å². The van der Waals surface area contributed by atoms with E-state index in [1.807, 2.05) is 11.3 Å². The molecule has 2 aromatic rings. The summed E-state index contributed by atoms with van der Waals surface area (Å²) in [6.07, 6.45) is 8.04. The average molecular weight is 226 g/mol. The molecule has 0 nitrogen and oxygen atoms in total. The Morgan fingerprint density at radius 1 is 1.25 bits per heavy atom. The third-order valence-corrected chi connectivity index (χ3v) is 4.34. The molecule has 0 aliphatic heterocycles. The molecule has 1 unspecified atom stereocenters. The van der Waals surface area contributed by atoms with Gasteiger partial charge in [0.15, 0.2) is 0 Å². The van der Waals surface area contributed by atoms with Crippen LogP contribution in [0.4, 0.5) is 0 Å². The summed E-state index contributed by atoms with van der Waals surface area (Å²) in [4.78, 5) is 1.49. The summed E-state index contributed by atoms with van der Waals surface area (Å²) in [5.74, 6) is 0.584. The molecule has 1 aliphatic carbocycles. The topological polar surface area (TPSA) is 0 Å². The largest absolute Gasteiger partial charge is 0.140 e. The molecular formula is C15H14S. The van der Waals surface area contributed by atoms with Crippen LogP contribution in [0, 0.1) is 0 Å². The number of allylic oxidation sites excluding steroid dienone is 4. The lowest BCUT2D eigenvalue weighted by atomic mass is 9.96. The Morgan fingerprint density at radius 3 is 2.88 bits per heavy atom. The molecule has 1 atom stereocenters. The molecule has 16 heavy (non-hydrogen) atoms. The summed E-state index contributed by atoms with van der Waals surface area (Å²) >= 11 is 1.92. The maximum absolute atomic E-state index is 2.34. The van der Waals surface area contributed by atoms with Gasteiger partial charge in [0.25, 0.3) is 0 Å². The van der Waals surface area contributed by atoms with Gasteiger partial charge in [0.1, 0.15) is 0 Å². The van der Waals surface area contributed by atoms with E-state index in [4.69, 9.17) is 0 Å². The average Bonchev–Trinajstić information content (AvgIpc) is 2.73. The van der Waals surface area contributed by atoms with E-state index in [9.17, 15) is 0 Å². The van der Waals surface area contributed by atoms with Crippen molar-refractivity contribution in [2.75, 3.05) is 0 Å². The van der Waals surface area contributed by atoms with Crippen LogP contribution in [0.5, 0.6) is 0 Å². The highest BCUT2D eigenvalue weighted by Crippen LogP contribution is 2.35. The summed E-state index contributed by atoms with van der Waals surface area (Å²) in [7, 11) is 0. The Morgan fingerprint density at radius 2 is 2.12 bits per heavy atom. The maximum atomic E-state index is 2.34. The molecule has 0 bridgehead atoms. The monoisotopic (exact) mass is 226 g/mol. The minimum Gasteiger partial charge on any atom is -0.140 e. The Bertz CT molecular complexity index is 539. The van der Waals surface area contributed by atoms with Gasteiger partial charge in [-0.05, 0) is 30.9 Å². The molecule has 0 saturated heterocycles. The number of thiophene rings is 1. The summed E-state index contributed by atoms with van der Waals surface area (Å²) in [6.45, 7) is 2.16. The van der Waals surface area contributed by atoms with Crippen molar-refractivity contribution in [3.05, 3.63) is 59.0 Å². The van der Waals surface area contributed by atoms with Gasteiger partial charge in [0.05, 0.1) is 0 Å². The normalized spacial score (nSPS) is 20.1. The molecular weight excluding hydrogens is 212 g/mol. The molecule has 1 aliphatic rings. The highest BCUT2D eigenvalue weighted by molar-refractivity contribution is 7.19. The molecule has 0 radical (unpaired) electrons. The molecule has 0 saturated carbocycles. The summed E-state index contributed by atoms with van der Waals surface area (Å²) < 4.78 is 1.40. The molecule has 0 N–H and O–H groups in total. The van der Waals surface area contributed by atoms with Gasteiger partial charge >= 0.3 is 0 Å². The smallest absolute Gasteiger partial charge is 0.0345 e. The molecule has 0 spiro atoms. The Kier molecular flexibility index (Phi) is 2.41. The third kappa shape index (κ3) is 1.72. The van der Waals surface area contributed by atoms with E-state index in [0.717, 1.165) is 6.42 Å². The predicted octanol–water partition coefficient (Wildman–Crippen LogP) is 4.89. The first-order chi connectivity index (χ1) is 7.83. The second-order valence-corrected chi connectivity index (χ2v) is 5.45. The zero-order chi connectivity index (χ0) is 11.0. The first kappa shape index (κ1) is 9.86. The lowest BCUT2D eigenvalue weighted by Crippen LogP contribution is -1.94. The van der Waals surface area contributed by atoms with Crippen molar-refractivity contribution in [1.29, 1.82) is 0 Å². The Labute approximate surface area is 99.9 Å². The molecule has 80 valence electrons. The van der Waals surface area contributed by atoms with Crippen LogP contribution < -0.4 is 0 Å². The molecule has 1 heteroatoms. The van der Waals surface area contributed by atoms with E-state index in [-0.39, 0.29) is 0 Å². The van der Waals surface area contributed by atoms with Crippen LogP contribution >= 0.6 is 11.3 Å². The van der Waals surface area contributed by atoms with E-state index < -0.39 is 0 Å². The zero-order valence-electron chi connectivity index (χ0n) is 9.31. The molecule has 1 heterocycles. The van der Waals surface area contributed by atoms with Crippen molar-refractivity contribution in [2.45, 2.75) is 19.3 Å². The predicted molar refractivity (Wildman–Crippen MR) is 72.1 cm³/mol. The quantitative estimate of drug-likeness (QED) is 0.649. The van der Waals surface area contributed by atoms with Gasteiger partial charge in [-0.25, -0.2) is 0 Å². The van der Waals surface area contributed by atoms with Crippen molar-refractivity contribution in [2.24, 2.45) is 0 Å². The van der Waals surface area contributed by atoms with Gasteiger partial charge < -0.3 is 0 Å².